The first-order valence-electron chi connectivity index (χ1n) is 8.27. The van der Waals surface area contributed by atoms with Gasteiger partial charge in [0.15, 0.2) is 12.3 Å². The molecule has 0 bridgehead atoms. The normalized spacial score (nSPS) is 16.2. The van der Waals surface area contributed by atoms with Gasteiger partial charge < -0.3 is 24.2 Å². The van der Waals surface area contributed by atoms with Crippen LogP contribution >= 0.6 is 0 Å². The van der Waals surface area contributed by atoms with Gasteiger partial charge in [0, 0.05) is 31.9 Å². The molecular weight excluding hydrogens is 306 g/mol. The molecule has 2 heterocycles. The van der Waals surface area contributed by atoms with E-state index >= 15 is 0 Å². The lowest BCUT2D eigenvalue weighted by atomic mass is 10.2. The fourth-order valence-corrected chi connectivity index (χ4v) is 3.02. The summed E-state index contributed by atoms with van der Waals surface area (Å²) in [5.74, 6) is 1.36. The Morgan fingerprint density at radius 3 is 2.50 bits per heavy atom. The maximum Gasteiger partial charge on any atom is 0.277 e. The van der Waals surface area contributed by atoms with Crippen LogP contribution in [0.3, 0.4) is 0 Å². The van der Waals surface area contributed by atoms with Gasteiger partial charge in [-0.15, -0.1) is 0 Å². The van der Waals surface area contributed by atoms with Crippen LogP contribution in [0.5, 0.6) is 5.75 Å². The van der Waals surface area contributed by atoms with E-state index < -0.39 is 0 Å². The number of likely N-dealkylation sites (N-methyl/N-ethyl adjacent to an activating group) is 1. The second kappa shape index (κ2) is 7.40. The maximum atomic E-state index is 12.4. The van der Waals surface area contributed by atoms with Crippen molar-refractivity contribution in [3.05, 3.63) is 48.4 Å². The number of hydrogen-bond acceptors (Lipinski definition) is 4. The standard InChI is InChI=1S/C18H23N3O3/c1-19(13-17-3-2-12-24-17)14-18(23)21-10-8-20(9-11-21)15-4-6-16(22)7-5-15/h2-7,12,22H,8-11,13-14H2,1H3/p+1. The van der Waals surface area contributed by atoms with Crippen molar-refractivity contribution in [2.24, 2.45) is 0 Å². The van der Waals surface area contributed by atoms with Gasteiger partial charge in [-0.05, 0) is 36.4 Å². The van der Waals surface area contributed by atoms with Crippen LogP contribution in [0, 0.1) is 0 Å². The number of phenols is 1. The molecule has 2 aromatic rings. The molecule has 0 radical (unpaired) electrons. The van der Waals surface area contributed by atoms with E-state index in [1.165, 1.54) is 0 Å². The predicted octanol–water partition coefficient (Wildman–Crippen LogP) is 0.349. The van der Waals surface area contributed by atoms with E-state index in [1.807, 2.05) is 36.2 Å². The molecule has 1 fully saturated rings. The summed E-state index contributed by atoms with van der Waals surface area (Å²) >= 11 is 0. The smallest absolute Gasteiger partial charge is 0.277 e. The first-order chi connectivity index (χ1) is 11.6. The summed E-state index contributed by atoms with van der Waals surface area (Å²) in [5.41, 5.74) is 1.08. The molecule has 3 rings (SSSR count). The molecule has 1 saturated heterocycles. The minimum atomic E-state index is 0.185. The van der Waals surface area contributed by atoms with Crippen LogP contribution in [0.4, 0.5) is 5.69 Å². The third-order valence-corrected chi connectivity index (χ3v) is 4.36. The third kappa shape index (κ3) is 4.08. The van der Waals surface area contributed by atoms with Gasteiger partial charge in [-0.1, -0.05) is 0 Å². The molecular formula is C18H24N3O3+. The van der Waals surface area contributed by atoms with E-state index in [4.69, 9.17) is 4.42 Å². The number of carbonyl (C=O) groups is 1. The largest absolute Gasteiger partial charge is 0.508 e. The molecule has 1 aromatic carbocycles. The third-order valence-electron chi connectivity index (χ3n) is 4.36. The zero-order chi connectivity index (χ0) is 16.9. The number of quaternary nitrogens is 1. The highest BCUT2D eigenvalue weighted by Gasteiger charge is 2.23. The van der Waals surface area contributed by atoms with Crippen molar-refractivity contribution in [2.45, 2.75) is 6.54 Å². The zero-order valence-corrected chi connectivity index (χ0v) is 13.9. The van der Waals surface area contributed by atoms with Gasteiger partial charge in [0.25, 0.3) is 5.91 Å². The molecule has 2 N–H and O–H groups in total. The van der Waals surface area contributed by atoms with Crippen LogP contribution in [0.1, 0.15) is 5.76 Å². The second-order valence-corrected chi connectivity index (χ2v) is 6.27. The number of carbonyl (C=O) groups excluding carboxylic acids is 1. The lowest BCUT2D eigenvalue weighted by Gasteiger charge is -2.36. The Bertz CT molecular complexity index is 647. The number of piperazine rings is 1. The Hall–Kier alpha value is -2.47. The van der Waals surface area contributed by atoms with E-state index in [9.17, 15) is 9.90 Å². The summed E-state index contributed by atoms with van der Waals surface area (Å²) in [4.78, 5) is 17.7. The Morgan fingerprint density at radius 2 is 1.88 bits per heavy atom. The molecule has 6 nitrogen and oxygen atoms in total. The number of hydrogen-bond donors (Lipinski definition) is 2. The highest BCUT2D eigenvalue weighted by Crippen LogP contribution is 2.19. The summed E-state index contributed by atoms with van der Waals surface area (Å²) in [7, 11) is 2.01. The van der Waals surface area contributed by atoms with Gasteiger partial charge in [-0.2, -0.15) is 0 Å². The Morgan fingerprint density at radius 1 is 1.17 bits per heavy atom. The van der Waals surface area contributed by atoms with Crippen LogP contribution in [-0.4, -0.2) is 55.7 Å². The lowest BCUT2D eigenvalue weighted by molar-refractivity contribution is -0.886. The van der Waals surface area contributed by atoms with Gasteiger partial charge >= 0.3 is 0 Å². The number of anilines is 1. The first-order valence-corrected chi connectivity index (χ1v) is 8.27. The van der Waals surface area contributed by atoms with Gasteiger partial charge in [0.05, 0.1) is 13.3 Å². The molecule has 0 spiro atoms. The van der Waals surface area contributed by atoms with Crippen molar-refractivity contribution in [1.29, 1.82) is 0 Å². The Kier molecular flexibility index (Phi) is 5.05. The highest BCUT2D eigenvalue weighted by molar-refractivity contribution is 5.77. The van der Waals surface area contributed by atoms with E-state index in [0.717, 1.165) is 42.5 Å². The lowest BCUT2D eigenvalue weighted by Crippen LogP contribution is -3.08. The van der Waals surface area contributed by atoms with Crippen molar-refractivity contribution in [3.8, 4) is 5.75 Å². The molecule has 6 heteroatoms. The minimum absolute atomic E-state index is 0.185. The number of nitrogens with one attached hydrogen (secondary N) is 1. The van der Waals surface area contributed by atoms with Crippen LogP contribution in [0.15, 0.2) is 47.1 Å². The van der Waals surface area contributed by atoms with Gasteiger partial charge in [0.2, 0.25) is 0 Å². The number of furan rings is 1. The molecule has 0 aliphatic carbocycles. The molecule has 128 valence electrons. The average molecular weight is 330 g/mol. The van der Waals surface area contributed by atoms with Crippen molar-refractivity contribution in [2.75, 3.05) is 44.7 Å². The van der Waals surface area contributed by atoms with E-state index in [-0.39, 0.29) is 11.7 Å². The number of amides is 1. The summed E-state index contributed by atoms with van der Waals surface area (Å²) in [6.45, 7) is 4.27. The van der Waals surface area contributed by atoms with E-state index in [2.05, 4.69) is 4.90 Å². The molecule has 1 aromatic heterocycles. The maximum absolute atomic E-state index is 12.4. The van der Waals surface area contributed by atoms with Crippen molar-refractivity contribution < 1.29 is 19.2 Å². The van der Waals surface area contributed by atoms with Gasteiger partial charge in [-0.3, -0.25) is 4.79 Å². The first kappa shape index (κ1) is 16.4. The minimum Gasteiger partial charge on any atom is -0.508 e. The zero-order valence-electron chi connectivity index (χ0n) is 13.9. The quantitative estimate of drug-likeness (QED) is 0.830. The van der Waals surface area contributed by atoms with Gasteiger partial charge in [0.1, 0.15) is 12.3 Å². The number of phenolic OH excluding ortho intramolecular Hbond substituents is 1. The van der Waals surface area contributed by atoms with Crippen molar-refractivity contribution in [1.82, 2.24) is 4.90 Å². The number of benzene rings is 1. The molecule has 1 aliphatic rings. The van der Waals surface area contributed by atoms with Crippen LogP contribution in [-0.2, 0) is 11.3 Å². The summed E-state index contributed by atoms with van der Waals surface area (Å²) in [5, 5.41) is 9.37. The van der Waals surface area contributed by atoms with Crippen LogP contribution in [0.2, 0.25) is 0 Å². The molecule has 24 heavy (non-hydrogen) atoms. The molecule has 1 unspecified atom stereocenters. The summed E-state index contributed by atoms with van der Waals surface area (Å²) in [6.07, 6.45) is 1.66. The van der Waals surface area contributed by atoms with Crippen LogP contribution < -0.4 is 9.80 Å². The number of nitrogens with zero attached hydrogens (tertiary/aromatic N) is 2. The topological polar surface area (TPSA) is 61.4 Å². The average Bonchev–Trinajstić information content (AvgIpc) is 3.08. The molecule has 1 amide bonds. The van der Waals surface area contributed by atoms with E-state index in [1.54, 1.807) is 18.4 Å². The fraction of sp³-hybridized carbons (Fsp3) is 0.389. The Balaban J connectivity index is 1.47. The van der Waals surface area contributed by atoms with E-state index in [0.29, 0.717) is 13.1 Å². The monoisotopic (exact) mass is 330 g/mol. The van der Waals surface area contributed by atoms with Crippen LogP contribution in [0.25, 0.3) is 0 Å². The molecule has 1 atom stereocenters. The SMILES string of the molecule is C[NH+](CC(=O)N1CCN(c2ccc(O)cc2)CC1)Cc1ccco1. The summed E-state index contributed by atoms with van der Waals surface area (Å²) in [6, 6.07) is 11.0. The highest BCUT2D eigenvalue weighted by atomic mass is 16.3. The second-order valence-electron chi connectivity index (χ2n) is 6.27. The fourth-order valence-electron chi connectivity index (χ4n) is 3.02. The van der Waals surface area contributed by atoms with Gasteiger partial charge in [-0.25, -0.2) is 0 Å². The van der Waals surface area contributed by atoms with Crippen molar-refractivity contribution in [3.63, 3.8) is 0 Å². The van der Waals surface area contributed by atoms with Crippen molar-refractivity contribution >= 4 is 11.6 Å². The molecule has 0 saturated carbocycles. The molecule has 1 aliphatic heterocycles. The number of aromatic hydroxyl groups is 1. The summed E-state index contributed by atoms with van der Waals surface area (Å²) < 4.78 is 5.33. The predicted molar refractivity (Wildman–Crippen MR) is 91.1 cm³/mol. The number of rotatable bonds is 5. The Labute approximate surface area is 141 Å².